The summed E-state index contributed by atoms with van der Waals surface area (Å²) in [5.74, 6) is -0.266. The van der Waals surface area contributed by atoms with Crippen LogP contribution in [-0.4, -0.2) is 27.5 Å². The second-order valence-corrected chi connectivity index (χ2v) is 9.37. The van der Waals surface area contributed by atoms with E-state index in [2.05, 4.69) is 31.7 Å². The van der Waals surface area contributed by atoms with Crippen LogP contribution in [0.1, 0.15) is 27.9 Å². The zero-order chi connectivity index (χ0) is 26.9. The van der Waals surface area contributed by atoms with Crippen molar-refractivity contribution < 1.29 is 17.9 Å². The fraction of sp³-hybridized carbons (Fsp3) is 0.179. The molecule has 38 heavy (non-hydrogen) atoms. The van der Waals surface area contributed by atoms with Crippen LogP contribution in [-0.2, 0) is 12.8 Å². The van der Waals surface area contributed by atoms with Gasteiger partial charge in [0.25, 0.3) is 0 Å². The van der Waals surface area contributed by atoms with Gasteiger partial charge < -0.3 is 10.1 Å². The third-order valence-corrected chi connectivity index (χ3v) is 6.53. The van der Waals surface area contributed by atoms with Gasteiger partial charge in [-0.25, -0.2) is 4.68 Å². The molecule has 194 valence electrons. The molecule has 3 aromatic carbocycles. The topological polar surface area (TPSA) is 63.5 Å². The average molecular weight is 536 g/mol. The van der Waals surface area contributed by atoms with Gasteiger partial charge in [0.1, 0.15) is 5.75 Å². The number of aromatic nitrogens is 2. The molecular formula is C28H24F3N5OS. The maximum Gasteiger partial charge on any atom is 0.573 e. The molecule has 6 nitrogen and oxygen atoms in total. The Balaban J connectivity index is 1.28. The fourth-order valence-corrected chi connectivity index (χ4v) is 4.74. The summed E-state index contributed by atoms with van der Waals surface area (Å²) in [6.45, 7) is 4.04. The molecule has 10 heteroatoms. The van der Waals surface area contributed by atoms with E-state index in [1.165, 1.54) is 17.7 Å². The lowest BCUT2D eigenvalue weighted by Gasteiger charge is -2.18. The monoisotopic (exact) mass is 535 g/mol. The molecule has 1 aliphatic rings. The predicted molar refractivity (Wildman–Crippen MR) is 146 cm³/mol. The Hall–Kier alpha value is -4.18. The van der Waals surface area contributed by atoms with Gasteiger partial charge in [-0.05, 0) is 97.1 Å². The standard InChI is InChI=1S/C28H24F3N5OS/c1-17-4-3-5-18(2)26(17)34-27(38)35-32-15-19-6-12-23-20(14-19)7-13-25-24(23)16-33-36(25)21-8-10-22(11-9-21)37-28(29,30)31/h3-6,8-12,14-16H,7,13H2,1-2H3,(H2,34,35,38)/b32-15+. The van der Waals surface area contributed by atoms with Gasteiger partial charge in [-0.1, -0.05) is 30.3 Å². The number of hydrogen-bond donors (Lipinski definition) is 2. The first-order chi connectivity index (χ1) is 18.2. The number of fused-ring (bicyclic) bond motifs is 3. The zero-order valence-electron chi connectivity index (χ0n) is 20.6. The number of thiocarbonyl (C=S) groups is 1. The summed E-state index contributed by atoms with van der Waals surface area (Å²) in [5.41, 5.74) is 11.9. The number of benzene rings is 3. The molecule has 1 heterocycles. The van der Waals surface area contributed by atoms with Crippen LogP contribution < -0.4 is 15.5 Å². The number of hydrazone groups is 1. The molecule has 0 aliphatic heterocycles. The summed E-state index contributed by atoms with van der Waals surface area (Å²) in [7, 11) is 0. The van der Waals surface area contributed by atoms with Gasteiger partial charge in [0.05, 0.1) is 23.8 Å². The molecule has 0 atom stereocenters. The zero-order valence-corrected chi connectivity index (χ0v) is 21.5. The lowest BCUT2D eigenvalue weighted by Crippen LogP contribution is -2.24. The Morgan fingerprint density at radius 2 is 1.76 bits per heavy atom. The normalized spacial score (nSPS) is 12.7. The number of rotatable bonds is 5. The van der Waals surface area contributed by atoms with Crippen molar-refractivity contribution in [2.24, 2.45) is 5.10 Å². The number of anilines is 1. The van der Waals surface area contributed by atoms with E-state index in [0.717, 1.165) is 52.0 Å². The van der Waals surface area contributed by atoms with Crippen molar-refractivity contribution in [3.8, 4) is 22.6 Å². The van der Waals surface area contributed by atoms with E-state index in [0.29, 0.717) is 10.8 Å². The summed E-state index contributed by atoms with van der Waals surface area (Å²) in [5, 5.41) is 12.4. The maximum absolute atomic E-state index is 12.5. The number of nitrogens with one attached hydrogen (secondary N) is 2. The minimum atomic E-state index is -4.72. The number of hydrogen-bond acceptors (Lipinski definition) is 4. The van der Waals surface area contributed by atoms with Gasteiger partial charge in [-0.2, -0.15) is 10.2 Å². The van der Waals surface area contributed by atoms with Gasteiger partial charge in [0, 0.05) is 11.3 Å². The van der Waals surface area contributed by atoms with Crippen molar-refractivity contribution in [3.05, 3.63) is 94.8 Å². The van der Waals surface area contributed by atoms with E-state index >= 15 is 0 Å². The first-order valence-electron chi connectivity index (χ1n) is 11.9. The molecule has 0 amide bonds. The van der Waals surface area contributed by atoms with Gasteiger partial charge in [-0.3, -0.25) is 5.43 Å². The third-order valence-electron chi connectivity index (χ3n) is 6.33. The molecule has 0 radical (unpaired) electrons. The van der Waals surface area contributed by atoms with Gasteiger partial charge >= 0.3 is 6.36 Å². The average Bonchev–Trinajstić information content (AvgIpc) is 3.30. The number of para-hydroxylation sites is 1. The smallest absolute Gasteiger partial charge is 0.406 e. The van der Waals surface area contributed by atoms with Crippen LogP contribution in [0.4, 0.5) is 18.9 Å². The van der Waals surface area contributed by atoms with E-state index in [9.17, 15) is 13.2 Å². The van der Waals surface area contributed by atoms with Crippen LogP contribution in [0.2, 0.25) is 0 Å². The summed E-state index contributed by atoms with van der Waals surface area (Å²) in [4.78, 5) is 0. The quantitative estimate of drug-likeness (QED) is 0.174. The fourth-order valence-electron chi connectivity index (χ4n) is 4.59. The molecule has 1 aromatic heterocycles. The molecule has 5 rings (SSSR count). The summed E-state index contributed by atoms with van der Waals surface area (Å²) >= 11 is 5.38. The Kier molecular flexibility index (Phi) is 6.90. The Labute approximate surface area is 223 Å². The van der Waals surface area contributed by atoms with Gasteiger partial charge in [0.15, 0.2) is 5.11 Å². The lowest BCUT2D eigenvalue weighted by molar-refractivity contribution is -0.274. The Morgan fingerprint density at radius 3 is 2.47 bits per heavy atom. The van der Waals surface area contributed by atoms with Crippen LogP contribution in [0.25, 0.3) is 16.8 Å². The van der Waals surface area contributed by atoms with Crippen LogP contribution in [0, 0.1) is 13.8 Å². The van der Waals surface area contributed by atoms with Crippen LogP contribution >= 0.6 is 12.2 Å². The third kappa shape index (κ3) is 5.55. The molecule has 0 saturated heterocycles. The number of ether oxygens (including phenoxy) is 1. The van der Waals surface area contributed by atoms with E-state index in [1.807, 2.05) is 44.2 Å². The molecule has 0 bridgehead atoms. The molecule has 0 fully saturated rings. The molecule has 0 unspecified atom stereocenters. The van der Waals surface area contributed by atoms with Crippen molar-refractivity contribution in [2.75, 3.05) is 5.32 Å². The van der Waals surface area contributed by atoms with Gasteiger partial charge in [-0.15, -0.1) is 13.2 Å². The number of aryl methyl sites for hydroxylation is 3. The predicted octanol–water partition coefficient (Wildman–Crippen LogP) is 6.47. The van der Waals surface area contributed by atoms with Crippen LogP contribution in [0.5, 0.6) is 5.75 Å². The van der Waals surface area contributed by atoms with E-state index < -0.39 is 6.36 Å². The molecule has 1 aliphatic carbocycles. The van der Waals surface area contributed by atoms with E-state index in [4.69, 9.17) is 12.2 Å². The highest BCUT2D eigenvalue weighted by molar-refractivity contribution is 7.80. The van der Waals surface area contributed by atoms with Crippen LogP contribution in [0.3, 0.4) is 0 Å². The molecular weight excluding hydrogens is 511 g/mol. The van der Waals surface area contributed by atoms with E-state index in [1.54, 1.807) is 29.2 Å². The number of alkyl halides is 3. The summed E-state index contributed by atoms with van der Waals surface area (Å²) < 4.78 is 43.1. The van der Waals surface area contributed by atoms with Crippen molar-refractivity contribution in [3.63, 3.8) is 0 Å². The number of nitrogens with zero attached hydrogens (tertiary/aromatic N) is 3. The summed E-state index contributed by atoms with van der Waals surface area (Å²) in [6.07, 6.45) is 0.332. The molecule has 2 N–H and O–H groups in total. The SMILES string of the molecule is Cc1cccc(C)c1NC(=S)N/N=C/c1ccc2c(c1)CCc1c-2cnn1-c1ccc(OC(F)(F)F)cc1. The van der Waals surface area contributed by atoms with Crippen molar-refractivity contribution in [1.29, 1.82) is 0 Å². The second kappa shape index (κ2) is 10.3. The minimum absolute atomic E-state index is 0.266. The highest BCUT2D eigenvalue weighted by Gasteiger charge is 2.31. The first kappa shape index (κ1) is 25.5. The minimum Gasteiger partial charge on any atom is -0.406 e. The largest absolute Gasteiger partial charge is 0.573 e. The number of halogens is 3. The lowest BCUT2D eigenvalue weighted by atomic mass is 9.89. The highest BCUT2D eigenvalue weighted by Crippen LogP contribution is 2.35. The highest BCUT2D eigenvalue weighted by atomic mass is 32.1. The van der Waals surface area contributed by atoms with Crippen molar-refractivity contribution in [1.82, 2.24) is 15.2 Å². The maximum atomic E-state index is 12.5. The second-order valence-electron chi connectivity index (χ2n) is 8.97. The molecule has 0 saturated carbocycles. The first-order valence-corrected chi connectivity index (χ1v) is 12.3. The molecule has 4 aromatic rings. The van der Waals surface area contributed by atoms with Gasteiger partial charge in [0.2, 0.25) is 0 Å². The summed E-state index contributed by atoms with van der Waals surface area (Å²) in [6, 6.07) is 17.9. The van der Waals surface area contributed by atoms with E-state index in [-0.39, 0.29) is 5.75 Å². The van der Waals surface area contributed by atoms with Crippen LogP contribution in [0.15, 0.2) is 72.0 Å². The molecule has 0 spiro atoms. The Bertz CT molecular complexity index is 1510. The van der Waals surface area contributed by atoms with Crippen molar-refractivity contribution >= 4 is 29.2 Å². The van der Waals surface area contributed by atoms with Crippen molar-refractivity contribution in [2.45, 2.75) is 33.1 Å². The Morgan fingerprint density at radius 1 is 1.03 bits per heavy atom.